The first-order valence-electron chi connectivity index (χ1n) is 7.05. The summed E-state index contributed by atoms with van der Waals surface area (Å²) >= 11 is 3.33. The Balaban J connectivity index is 2.27. The number of hydrogen-bond acceptors (Lipinski definition) is 4. The fourth-order valence-corrected chi connectivity index (χ4v) is 5.16. The summed E-state index contributed by atoms with van der Waals surface area (Å²) in [5, 5.41) is 12.5. The summed E-state index contributed by atoms with van der Waals surface area (Å²) in [6.45, 7) is 3.15. The van der Waals surface area contributed by atoms with Crippen LogP contribution in [0.25, 0.3) is 0 Å². The molecule has 1 unspecified atom stereocenters. The second-order valence-corrected chi connectivity index (χ2v) is 8.07. The Morgan fingerprint density at radius 2 is 2.24 bits per heavy atom. The number of aliphatic hydroxyl groups excluding tert-OH is 1. The highest BCUT2D eigenvalue weighted by Crippen LogP contribution is 2.26. The van der Waals surface area contributed by atoms with Crippen LogP contribution in [-0.2, 0) is 10.0 Å². The molecule has 1 aromatic carbocycles. The molecule has 1 saturated heterocycles. The molecule has 1 aromatic rings. The van der Waals surface area contributed by atoms with Gasteiger partial charge in [-0.25, -0.2) is 8.42 Å². The number of hydrogen-bond donors (Lipinski definition) is 2. The van der Waals surface area contributed by atoms with E-state index in [1.807, 2.05) is 6.92 Å². The van der Waals surface area contributed by atoms with Crippen molar-refractivity contribution in [2.24, 2.45) is 0 Å². The SMILES string of the molecule is Cc1ccc(S(=O)(=O)N(CCO)CC2CCCN2)c(Br)c1. The van der Waals surface area contributed by atoms with Gasteiger partial charge < -0.3 is 10.4 Å². The van der Waals surface area contributed by atoms with Crippen molar-refractivity contribution in [3.05, 3.63) is 28.2 Å². The third kappa shape index (κ3) is 4.04. The number of nitrogens with zero attached hydrogens (tertiary/aromatic N) is 1. The largest absolute Gasteiger partial charge is 0.395 e. The van der Waals surface area contributed by atoms with E-state index in [-0.39, 0.29) is 24.1 Å². The molecule has 0 saturated carbocycles. The smallest absolute Gasteiger partial charge is 0.244 e. The second-order valence-electron chi connectivity index (χ2n) is 5.31. The van der Waals surface area contributed by atoms with Gasteiger partial charge in [0.05, 0.1) is 11.5 Å². The van der Waals surface area contributed by atoms with E-state index in [4.69, 9.17) is 0 Å². The highest BCUT2D eigenvalue weighted by atomic mass is 79.9. The average molecular weight is 377 g/mol. The van der Waals surface area contributed by atoms with Gasteiger partial charge in [0.25, 0.3) is 0 Å². The molecule has 1 heterocycles. The van der Waals surface area contributed by atoms with E-state index < -0.39 is 10.0 Å². The van der Waals surface area contributed by atoms with Gasteiger partial charge in [0, 0.05) is 23.6 Å². The van der Waals surface area contributed by atoms with Crippen LogP contribution in [-0.4, -0.2) is 50.1 Å². The monoisotopic (exact) mass is 376 g/mol. The maximum Gasteiger partial charge on any atom is 0.244 e. The summed E-state index contributed by atoms with van der Waals surface area (Å²) in [7, 11) is -3.61. The second kappa shape index (κ2) is 7.19. The highest BCUT2D eigenvalue weighted by Gasteiger charge is 2.29. The van der Waals surface area contributed by atoms with E-state index in [0.29, 0.717) is 11.0 Å². The molecule has 0 bridgehead atoms. The van der Waals surface area contributed by atoms with Gasteiger partial charge in [-0.05, 0) is 59.9 Å². The molecule has 1 aliphatic rings. The number of rotatable bonds is 6. The van der Waals surface area contributed by atoms with Crippen LogP contribution < -0.4 is 5.32 Å². The minimum atomic E-state index is -3.61. The molecule has 7 heteroatoms. The molecular formula is C14H21BrN2O3S. The van der Waals surface area contributed by atoms with Crippen LogP contribution in [0.15, 0.2) is 27.6 Å². The van der Waals surface area contributed by atoms with Gasteiger partial charge in [-0.3, -0.25) is 0 Å². The zero-order valence-electron chi connectivity index (χ0n) is 12.0. The normalized spacial score (nSPS) is 19.3. The fraction of sp³-hybridized carbons (Fsp3) is 0.571. The minimum absolute atomic E-state index is 0.112. The highest BCUT2D eigenvalue weighted by molar-refractivity contribution is 9.10. The molecule has 0 amide bonds. The Hall–Kier alpha value is -0.470. The lowest BCUT2D eigenvalue weighted by molar-refractivity contribution is 0.246. The summed E-state index contributed by atoms with van der Waals surface area (Å²) < 4.78 is 27.5. The van der Waals surface area contributed by atoms with Crippen molar-refractivity contribution >= 4 is 26.0 Å². The standard InChI is InChI=1S/C14H21BrN2O3S/c1-11-4-5-14(13(15)9-11)21(19,20)17(7-8-18)10-12-3-2-6-16-12/h4-5,9,12,16,18H,2-3,6-8,10H2,1H3. The molecule has 1 aliphatic heterocycles. The van der Waals surface area contributed by atoms with Crippen LogP contribution in [0.5, 0.6) is 0 Å². The number of aliphatic hydroxyl groups is 1. The Morgan fingerprint density at radius 3 is 2.81 bits per heavy atom. The maximum absolute atomic E-state index is 12.8. The molecule has 21 heavy (non-hydrogen) atoms. The average Bonchev–Trinajstić information content (AvgIpc) is 2.90. The summed E-state index contributed by atoms with van der Waals surface area (Å²) in [5.41, 5.74) is 0.993. The van der Waals surface area contributed by atoms with Crippen LogP contribution in [0.3, 0.4) is 0 Å². The first-order valence-corrected chi connectivity index (χ1v) is 9.29. The molecule has 0 aromatic heterocycles. The minimum Gasteiger partial charge on any atom is -0.395 e. The molecule has 0 spiro atoms. The first-order chi connectivity index (χ1) is 9.95. The Labute approximate surface area is 134 Å². The number of aryl methyl sites for hydroxylation is 1. The third-order valence-corrected chi connectivity index (χ3v) is 6.48. The number of sulfonamides is 1. The van der Waals surface area contributed by atoms with Gasteiger partial charge >= 0.3 is 0 Å². The predicted octanol–water partition coefficient (Wildman–Crippen LogP) is 1.49. The molecule has 0 radical (unpaired) electrons. The van der Waals surface area contributed by atoms with E-state index in [1.165, 1.54) is 4.31 Å². The van der Waals surface area contributed by atoms with Gasteiger partial charge in [-0.1, -0.05) is 6.07 Å². The summed E-state index contributed by atoms with van der Waals surface area (Å²) in [6.07, 6.45) is 2.03. The van der Waals surface area contributed by atoms with Crippen molar-refractivity contribution in [3.63, 3.8) is 0 Å². The Kier molecular flexibility index (Phi) is 5.79. The lowest BCUT2D eigenvalue weighted by atomic mass is 10.2. The molecule has 118 valence electrons. The molecule has 2 N–H and O–H groups in total. The van der Waals surface area contributed by atoms with Crippen molar-refractivity contribution in [2.45, 2.75) is 30.7 Å². The van der Waals surface area contributed by atoms with Crippen LogP contribution in [0.4, 0.5) is 0 Å². The third-order valence-electron chi connectivity index (χ3n) is 3.64. The van der Waals surface area contributed by atoms with Crippen LogP contribution in [0.2, 0.25) is 0 Å². The van der Waals surface area contributed by atoms with Crippen molar-refractivity contribution in [1.29, 1.82) is 0 Å². The topological polar surface area (TPSA) is 69.6 Å². The van der Waals surface area contributed by atoms with E-state index in [9.17, 15) is 13.5 Å². The van der Waals surface area contributed by atoms with Crippen molar-refractivity contribution in [1.82, 2.24) is 9.62 Å². The van der Waals surface area contributed by atoms with Gasteiger partial charge in [0.2, 0.25) is 10.0 Å². The summed E-state index contributed by atoms with van der Waals surface area (Å²) in [5.74, 6) is 0. The first kappa shape index (κ1) is 16.9. The van der Waals surface area contributed by atoms with Crippen LogP contribution in [0, 0.1) is 6.92 Å². The quantitative estimate of drug-likeness (QED) is 0.788. The van der Waals surface area contributed by atoms with E-state index in [0.717, 1.165) is 24.9 Å². The van der Waals surface area contributed by atoms with Gasteiger partial charge in [-0.2, -0.15) is 4.31 Å². The van der Waals surface area contributed by atoms with Gasteiger partial charge in [0.15, 0.2) is 0 Å². The van der Waals surface area contributed by atoms with Crippen LogP contribution in [0.1, 0.15) is 18.4 Å². The zero-order valence-corrected chi connectivity index (χ0v) is 14.5. The molecule has 0 aliphatic carbocycles. The van der Waals surface area contributed by atoms with Gasteiger partial charge in [0.1, 0.15) is 0 Å². The van der Waals surface area contributed by atoms with Crippen molar-refractivity contribution < 1.29 is 13.5 Å². The maximum atomic E-state index is 12.8. The summed E-state index contributed by atoms with van der Waals surface area (Å²) in [6, 6.07) is 5.34. The van der Waals surface area contributed by atoms with E-state index in [2.05, 4.69) is 21.2 Å². The Morgan fingerprint density at radius 1 is 1.48 bits per heavy atom. The predicted molar refractivity (Wildman–Crippen MR) is 85.7 cm³/mol. The molecule has 1 fully saturated rings. The van der Waals surface area contributed by atoms with Crippen molar-refractivity contribution in [3.8, 4) is 0 Å². The van der Waals surface area contributed by atoms with E-state index >= 15 is 0 Å². The molecular weight excluding hydrogens is 356 g/mol. The number of benzene rings is 1. The zero-order chi connectivity index (χ0) is 15.5. The fourth-order valence-electron chi connectivity index (χ4n) is 2.53. The molecule has 1 atom stereocenters. The van der Waals surface area contributed by atoms with E-state index in [1.54, 1.807) is 18.2 Å². The van der Waals surface area contributed by atoms with Gasteiger partial charge in [-0.15, -0.1) is 0 Å². The summed E-state index contributed by atoms with van der Waals surface area (Å²) in [4.78, 5) is 0.250. The lowest BCUT2D eigenvalue weighted by Gasteiger charge is -2.25. The molecule has 5 nitrogen and oxygen atoms in total. The molecule has 2 rings (SSSR count). The Bertz CT molecular complexity index is 586. The number of nitrogens with one attached hydrogen (secondary N) is 1. The van der Waals surface area contributed by atoms with Crippen molar-refractivity contribution in [2.75, 3.05) is 26.2 Å². The number of halogens is 1. The lowest BCUT2D eigenvalue weighted by Crippen LogP contribution is -2.42. The van der Waals surface area contributed by atoms with Crippen LogP contribution >= 0.6 is 15.9 Å².